The molecule has 100 valence electrons. The molecule has 1 N–H and O–H groups in total. The van der Waals surface area contributed by atoms with Crippen molar-refractivity contribution in [1.82, 2.24) is 0 Å². The van der Waals surface area contributed by atoms with Gasteiger partial charge in [-0.15, -0.1) is 0 Å². The largest absolute Gasteiger partial charge is 0.376 e. The summed E-state index contributed by atoms with van der Waals surface area (Å²) >= 11 is 0. The zero-order chi connectivity index (χ0) is 14.0. The van der Waals surface area contributed by atoms with E-state index in [4.69, 9.17) is 0 Å². The van der Waals surface area contributed by atoms with Crippen LogP contribution >= 0.6 is 0 Å². The summed E-state index contributed by atoms with van der Waals surface area (Å²) in [6.07, 6.45) is 0. The predicted octanol–water partition coefficient (Wildman–Crippen LogP) is 4.50. The van der Waals surface area contributed by atoms with E-state index in [1.54, 1.807) is 6.92 Å². The Morgan fingerprint density at radius 2 is 1.68 bits per heavy atom. The second-order valence-corrected chi connectivity index (χ2v) is 4.84. The fourth-order valence-electron chi connectivity index (χ4n) is 2.05. The molecule has 0 radical (unpaired) electrons. The summed E-state index contributed by atoms with van der Waals surface area (Å²) in [5, 5.41) is 2.85. The maximum Gasteiger partial charge on any atom is 0.152 e. The highest BCUT2D eigenvalue weighted by atomic mass is 19.1. The van der Waals surface area contributed by atoms with Crippen LogP contribution < -0.4 is 5.32 Å². The van der Waals surface area contributed by atoms with Crippen LogP contribution in [0.4, 0.5) is 14.5 Å². The number of hydrogen-bond acceptors (Lipinski definition) is 1. The monoisotopic (exact) mass is 261 g/mol. The van der Waals surface area contributed by atoms with Crippen LogP contribution in [-0.2, 0) is 6.54 Å². The standard InChI is InChI=1S/C16H17F2N/c1-10-4-6-13(12(3)8-10)9-19-16-14(17)7-5-11(2)15(16)18/h4-8,19H,9H2,1-3H3. The minimum Gasteiger partial charge on any atom is -0.376 e. The van der Waals surface area contributed by atoms with Gasteiger partial charge in [-0.25, -0.2) is 8.78 Å². The first-order valence-corrected chi connectivity index (χ1v) is 6.23. The molecule has 0 saturated heterocycles. The van der Waals surface area contributed by atoms with Gasteiger partial charge in [-0.2, -0.15) is 0 Å². The maximum atomic E-state index is 13.8. The Morgan fingerprint density at radius 1 is 0.947 bits per heavy atom. The molecule has 0 unspecified atom stereocenters. The Kier molecular flexibility index (Phi) is 3.84. The molecule has 0 atom stereocenters. The third-order valence-electron chi connectivity index (χ3n) is 3.24. The predicted molar refractivity (Wildman–Crippen MR) is 74.3 cm³/mol. The van der Waals surface area contributed by atoms with E-state index in [0.717, 1.165) is 11.1 Å². The molecule has 1 nitrogen and oxygen atoms in total. The van der Waals surface area contributed by atoms with Gasteiger partial charge in [-0.05, 0) is 43.5 Å². The quantitative estimate of drug-likeness (QED) is 0.857. The van der Waals surface area contributed by atoms with Gasteiger partial charge in [0.25, 0.3) is 0 Å². The van der Waals surface area contributed by atoms with Crippen LogP contribution in [0.25, 0.3) is 0 Å². The van der Waals surface area contributed by atoms with Crippen LogP contribution in [0.5, 0.6) is 0 Å². The van der Waals surface area contributed by atoms with Crippen molar-refractivity contribution in [3.05, 3.63) is 64.2 Å². The highest BCUT2D eigenvalue weighted by molar-refractivity contribution is 5.49. The SMILES string of the molecule is Cc1ccc(CNc2c(F)ccc(C)c2F)c(C)c1. The van der Waals surface area contributed by atoms with Crippen molar-refractivity contribution in [3.63, 3.8) is 0 Å². The van der Waals surface area contributed by atoms with Gasteiger partial charge < -0.3 is 5.32 Å². The third kappa shape index (κ3) is 2.92. The topological polar surface area (TPSA) is 12.0 Å². The molecular weight excluding hydrogens is 244 g/mol. The van der Waals surface area contributed by atoms with Crippen molar-refractivity contribution in [3.8, 4) is 0 Å². The van der Waals surface area contributed by atoms with Gasteiger partial charge in [0.1, 0.15) is 11.5 Å². The van der Waals surface area contributed by atoms with E-state index in [2.05, 4.69) is 11.4 Å². The summed E-state index contributed by atoms with van der Waals surface area (Å²) in [5.74, 6) is -1.09. The van der Waals surface area contributed by atoms with Crippen molar-refractivity contribution in [2.45, 2.75) is 27.3 Å². The Hall–Kier alpha value is -1.90. The van der Waals surface area contributed by atoms with Crippen molar-refractivity contribution >= 4 is 5.69 Å². The van der Waals surface area contributed by atoms with Crippen LogP contribution in [0.1, 0.15) is 22.3 Å². The summed E-state index contributed by atoms with van der Waals surface area (Å²) in [6.45, 7) is 6.04. The molecule has 2 aromatic rings. The Morgan fingerprint density at radius 3 is 2.37 bits per heavy atom. The first-order valence-electron chi connectivity index (χ1n) is 6.23. The average Bonchev–Trinajstić information content (AvgIpc) is 2.36. The number of benzene rings is 2. The van der Waals surface area contributed by atoms with Crippen molar-refractivity contribution < 1.29 is 8.78 Å². The number of rotatable bonds is 3. The van der Waals surface area contributed by atoms with Gasteiger partial charge in [0.05, 0.1) is 0 Å². The molecule has 2 aromatic carbocycles. The molecule has 0 saturated carbocycles. The van der Waals surface area contributed by atoms with Gasteiger partial charge >= 0.3 is 0 Å². The molecule has 3 heteroatoms. The molecule has 0 aliphatic rings. The lowest BCUT2D eigenvalue weighted by Gasteiger charge is -2.12. The first kappa shape index (κ1) is 13.5. The molecule has 0 aromatic heterocycles. The number of halogens is 2. The number of hydrogen-bond donors (Lipinski definition) is 1. The molecule has 0 heterocycles. The highest BCUT2D eigenvalue weighted by Gasteiger charge is 2.11. The van der Waals surface area contributed by atoms with Gasteiger partial charge in [0.2, 0.25) is 0 Å². The van der Waals surface area contributed by atoms with E-state index in [1.165, 1.54) is 17.7 Å². The van der Waals surface area contributed by atoms with Crippen LogP contribution in [-0.4, -0.2) is 0 Å². The Balaban J connectivity index is 2.21. The van der Waals surface area contributed by atoms with Crippen LogP contribution in [0, 0.1) is 32.4 Å². The summed E-state index contributed by atoms with van der Waals surface area (Å²) in [4.78, 5) is 0. The number of nitrogens with one attached hydrogen (secondary N) is 1. The minimum atomic E-state index is -0.562. The second kappa shape index (κ2) is 5.39. The first-order chi connectivity index (χ1) is 8.99. The molecule has 0 spiro atoms. The van der Waals surface area contributed by atoms with Crippen LogP contribution in [0.3, 0.4) is 0 Å². The number of anilines is 1. The lowest BCUT2D eigenvalue weighted by Crippen LogP contribution is -2.06. The zero-order valence-electron chi connectivity index (χ0n) is 11.3. The zero-order valence-corrected chi connectivity index (χ0v) is 11.3. The van der Waals surface area contributed by atoms with Crippen molar-refractivity contribution in [2.75, 3.05) is 5.32 Å². The van der Waals surface area contributed by atoms with E-state index in [-0.39, 0.29) is 5.69 Å². The Labute approximate surface area is 112 Å². The highest BCUT2D eigenvalue weighted by Crippen LogP contribution is 2.22. The lowest BCUT2D eigenvalue weighted by molar-refractivity contribution is 0.582. The van der Waals surface area contributed by atoms with E-state index in [9.17, 15) is 8.78 Å². The molecule has 0 aliphatic heterocycles. The maximum absolute atomic E-state index is 13.8. The molecule has 0 fully saturated rings. The fourth-order valence-corrected chi connectivity index (χ4v) is 2.05. The summed E-state index contributed by atoms with van der Waals surface area (Å²) in [7, 11) is 0. The van der Waals surface area contributed by atoms with E-state index in [1.807, 2.05) is 26.0 Å². The van der Waals surface area contributed by atoms with E-state index < -0.39 is 11.6 Å². The summed E-state index contributed by atoms with van der Waals surface area (Å²) in [5.41, 5.74) is 3.70. The van der Waals surface area contributed by atoms with Gasteiger partial charge in [-0.3, -0.25) is 0 Å². The van der Waals surface area contributed by atoms with E-state index >= 15 is 0 Å². The molecule has 19 heavy (non-hydrogen) atoms. The van der Waals surface area contributed by atoms with Gasteiger partial charge in [-0.1, -0.05) is 29.8 Å². The molecule has 0 amide bonds. The number of aryl methyl sites for hydroxylation is 3. The van der Waals surface area contributed by atoms with Crippen molar-refractivity contribution in [1.29, 1.82) is 0 Å². The third-order valence-corrected chi connectivity index (χ3v) is 3.24. The molecule has 0 bridgehead atoms. The molecular formula is C16H17F2N. The normalized spacial score (nSPS) is 10.6. The Bertz CT molecular complexity index is 606. The molecule has 2 rings (SSSR count). The fraction of sp³-hybridized carbons (Fsp3) is 0.250. The van der Waals surface area contributed by atoms with Gasteiger partial charge in [0, 0.05) is 6.54 Å². The van der Waals surface area contributed by atoms with Crippen LogP contribution in [0.15, 0.2) is 30.3 Å². The van der Waals surface area contributed by atoms with Gasteiger partial charge in [0.15, 0.2) is 5.82 Å². The summed E-state index contributed by atoms with van der Waals surface area (Å²) < 4.78 is 27.4. The van der Waals surface area contributed by atoms with E-state index in [0.29, 0.717) is 12.1 Å². The van der Waals surface area contributed by atoms with Crippen LogP contribution in [0.2, 0.25) is 0 Å². The minimum absolute atomic E-state index is 0.0556. The van der Waals surface area contributed by atoms with Crippen molar-refractivity contribution in [2.24, 2.45) is 0 Å². The lowest BCUT2D eigenvalue weighted by atomic mass is 10.1. The average molecular weight is 261 g/mol. The molecule has 0 aliphatic carbocycles. The second-order valence-electron chi connectivity index (χ2n) is 4.84. The smallest absolute Gasteiger partial charge is 0.152 e. The summed E-state index contributed by atoms with van der Waals surface area (Å²) in [6, 6.07) is 8.74.